The highest BCUT2D eigenvalue weighted by molar-refractivity contribution is 8.29. The number of hydrogen-bond acceptors (Lipinski definition) is 1. The smallest absolute Gasteiger partial charge is 0.0213 e. The third-order valence-corrected chi connectivity index (χ3v) is 7.09. The number of rotatable bonds is 3. The molecule has 0 radical (unpaired) electrons. The Morgan fingerprint density at radius 3 is 1.33 bits per heavy atom. The maximum absolute atomic E-state index is 11.8. The van der Waals surface area contributed by atoms with Crippen molar-refractivity contribution in [3.63, 3.8) is 0 Å². The molecule has 0 bridgehead atoms. The Bertz CT molecular complexity index is 747. The van der Waals surface area contributed by atoms with Crippen LogP contribution in [0.1, 0.15) is 26.3 Å². The van der Waals surface area contributed by atoms with Gasteiger partial charge in [-0.15, -0.1) is 0 Å². The van der Waals surface area contributed by atoms with Crippen LogP contribution in [-0.4, -0.2) is 4.55 Å². The van der Waals surface area contributed by atoms with Crippen molar-refractivity contribution in [2.75, 3.05) is 0 Å². The Morgan fingerprint density at radius 2 is 0.958 bits per heavy atom. The van der Waals surface area contributed by atoms with Crippen molar-refractivity contribution < 1.29 is 4.55 Å². The molecule has 0 atom stereocenters. The molecule has 2 heteroatoms. The fourth-order valence-electron chi connectivity index (χ4n) is 2.79. The van der Waals surface area contributed by atoms with Gasteiger partial charge in [0.2, 0.25) is 0 Å². The summed E-state index contributed by atoms with van der Waals surface area (Å²) in [5.74, 6) is 0. The van der Waals surface area contributed by atoms with Gasteiger partial charge in [-0.05, 0) is 47.4 Å². The Labute approximate surface area is 146 Å². The summed E-state index contributed by atoms with van der Waals surface area (Å²) in [5.41, 5.74) is 1.37. The molecule has 0 heterocycles. The van der Waals surface area contributed by atoms with Crippen molar-refractivity contribution in [2.24, 2.45) is 0 Å². The van der Waals surface area contributed by atoms with Crippen LogP contribution in [0.2, 0.25) is 0 Å². The van der Waals surface area contributed by atoms with Gasteiger partial charge in [-0.3, -0.25) is 0 Å². The van der Waals surface area contributed by atoms with E-state index in [1.165, 1.54) is 5.56 Å². The standard InChI is InChI=1S/C22H24OS/c1-22(2,3)18-14-16-21(17-15-18)24(23,19-10-6-4-7-11-19)20-12-8-5-9-13-20/h4-17,23H,1-3H3. The molecule has 124 valence electrons. The summed E-state index contributed by atoms with van der Waals surface area (Å²) in [7, 11) is -2.24. The summed E-state index contributed by atoms with van der Waals surface area (Å²) in [6.07, 6.45) is 0. The van der Waals surface area contributed by atoms with Crippen LogP contribution in [0.5, 0.6) is 0 Å². The normalized spacial score (nSPS) is 12.8. The molecule has 0 aliphatic heterocycles. The SMILES string of the molecule is CC(C)(C)c1ccc(S(O)(c2ccccc2)c2ccccc2)cc1. The molecule has 1 nitrogen and oxygen atoms in total. The largest absolute Gasteiger partial charge is 0.338 e. The van der Waals surface area contributed by atoms with Gasteiger partial charge in [0.1, 0.15) is 0 Å². The highest BCUT2D eigenvalue weighted by Gasteiger charge is 2.28. The molecule has 3 aromatic rings. The summed E-state index contributed by atoms with van der Waals surface area (Å²) in [6.45, 7) is 6.61. The molecule has 1 N–H and O–H groups in total. The van der Waals surface area contributed by atoms with Gasteiger partial charge < -0.3 is 4.55 Å². The van der Waals surface area contributed by atoms with Gasteiger partial charge in [-0.2, -0.15) is 0 Å². The van der Waals surface area contributed by atoms with Crippen molar-refractivity contribution in [3.05, 3.63) is 90.5 Å². The number of hydrogen-bond donors (Lipinski definition) is 1. The van der Waals surface area contributed by atoms with Crippen molar-refractivity contribution in [1.82, 2.24) is 0 Å². The van der Waals surface area contributed by atoms with Crippen LogP contribution < -0.4 is 0 Å². The van der Waals surface area contributed by atoms with Gasteiger partial charge >= 0.3 is 0 Å². The molecule has 3 aromatic carbocycles. The first-order chi connectivity index (χ1) is 11.4. The fraction of sp³-hybridized carbons (Fsp3) is 0.182. The first-order valence-corrected chi connectivity index (χ1v) is 9.78. The fourth-order valence-corrected chi connectivity index (χ4v) is 5.24. The van der Waals surface area contributed by atoms with Crippen LogP contribution in [-0.2, 0) is 5.41 Å². The Kier molecular flexibility index (Phi) is 4.53. The average molecular weight is 336 g/mol. The lowest BCUT2D eigenvalue weighted by Crippen LogP contribution is -2.11. The van der Waals surface area contributed by atoms with E-state index in [2.05, 4.69) is 45.0 Å². The van der Waals surface area contributed by atoms with Crippen LogP contribution in [0.25, 0.3) is 0 Å². The summed E-state index contributed by atoms with van der Waals surface area (Å²) < 4.78 is 11.8. The lowest BCUT2D eigenvalue weighted by molar-refractivity contribution is 0.588. The molecule has 0 fully saturated rings. The quantitative estimate of drug-likeness (QED) is 0.561. The minimum atomic E-state index is -2.24. The van der Waals surface area contributed by atoms with E-state index in [9.17, 15) is 4.55 Å². The first-order valence-electron chi connectivity index (χ1n) is 8.19. The van der Waals surface area contributed by atoms with E-state index in [-0.39, 0.29) is 5.41 Å². The monoisotopic (exact) mass is 336 g/mol. The average Bonchev–Trinajstić information content (AvgIpc) is 2.62. The zero-order chi connectivity index (χ0) is 17.2. The van der Waals surface area contributed by atoms with Crippen LogP contribution in [0.4, 0.5) is 0 Å². The number of benzene rings is 3. The molecule has 0 aliphatic rings. The van der Waals surface area contributed by atoms with E-state index in [0.29, 0.717) is 0 Å². The van der Waals surface area contributed by atoms with Crippen LogP contribution in [0.15, 0.2) is 99.6 Å². The second-order valence-electron chi connectivity index (χ2n) is 6.98. The van der Waals surface area contributed by atoms with Gasteiger partial charge in [-0.1, -0.05) is 79.6 Å². The Balaban J connectivity index is 2.16. The highest BCUT2D eigenvalue weighted by atomic mass is 32.3. The van der Waals surface area contributed by atoms with Crippen LogP contribution in [0, 0.1) is 0 Å². The zero-order valence-corrected chi connectivity index (χ0v) is 15.3. The van der Waals surface area contributed by atoms with Crippen molar-refractivity contribution >= 4 is 10.3 Å². The van der Waals surface area contributed by atoms with Crippen LogP contribution in [0.3, 0.4) is 0 Å². The van der Waals surface area contributed by atoms with Crippen molar-refractivity contribution in [2.45, 2.75) is 40.9 Å². The van der Waals surface area contributed by atoms with Gasteiger partial charge in [0, 0.05) is 14.7 Å². The lowest BCUT2D eigenvalue weighted by atomic mass is 9.87. The molecule has 0 aliphatic carbocycles. The summed E-state index contributed by atoms with van der Waals surface area (Å²) in [5, 5.41) is 0. The predicted octanol–water partition coefficient (Wildman–Crippen LogP) is 6.74. The Hall–Kier alpha value is -2.03. The summed E-state index contributed by atoms with van der Waals surface area (Å²) >= 11 is 0. The van der Waals surface area contributed by atoms with Gasteiger partial charge in [0.15, 0.2) is 0 Å². The molecule has 3 rings (SSSR count). The van der Waals surface area contributed by atoms with E-state index in [1.54, 1.807) is 0 Å². The minimum Gasteiger partial charge on any atom is -0.338 e. The summed E-state index contributed by atoms with van der Waals surface area (Å²) in [4.78, 5) is 2.88. The summed E-state index contributed by atoms with van der Waals surface area (Å²) in [6, 6.07) is 28.4. The molecule has 0 saturated heterocycles. The van der Waals surface area contributed by atoms with Gasteiger partial charge in [-0.25, -0.2) is 0 Å². The van der Waals surface area contributed by atoms with Crippen molar-refractivity contribution in [1.29, 1.82) is 0 Å². The van der Waals surface area contributed by atoms with Crippen LogP contribution >= 0.6 is 10.3 Å². The molecule has 0 unspecified atom stereocenters. The lowest BCUT2D eigenvalue weighted by Gasteiger charge is -2.35. The first kappa shape index (κ1) is 16.8. The minimum absolute atomic E-state index is 0.103. The maximum atomic E-state index is 11.8. The second kappa shape index (κ2) is 6.46. The van der Waals surface area contributed by atoms with E-state index in [4.69, 9.17) is 0 Å². The third-order valence-electron chi connectivity index (χ3n) is 4.23. The molecule has 0 aromatic heterocycles. The zero-order valence-electron chi connectivity index (χ0n) is 14.4. The van der Waals surface area contributed by atoms with Crippen molar-refractivity contribution in [3.8, 4) is 0 Å². The molecule has 0 saturated carbocycles. The molecule has 0 spiro atoms. The van der Waals surface area contributed by atoms with Gasteiger partial charge in [0.25, 0.3) is 0 Å². The topological polar surface area (TPSA) is 20.2 Å². The maximum Gasteiger partial charge on any atom is 0.0213 e. The van der Waals surface area contributed by atoms with E-state index in [1.807, 2.05) is 60.7 Å². The van der Waals surface area contributed by atoms with E-state index in [0.717, 1.165) is 14.7 Å². The second-order valence-corrected chi connectivity index (χ2v) is 9.55. The van der Waals surface area contributed by atoms with Gasteiger partial charge in [0.05, 0.1) is 0 Å². The van der Waals surface area contributed by atoms with E-state index < -0.39 is 10.3 Å². The molecule has 0 amide bonds. The Morgan fingerprint density at radius 1 is 0.583 bits per heavy atom. The molecular weight excluding hydrogens is 312 g/mol. The van der Waals surface area contributed by atoms with E-state index >= 15 is 0 Å². The molecular formula is C22H24OS. The third kappa shape index (κ3) is 3.12. The highest BCUT2D eigenvalue weighted by Crippen LogP contribution is 2.65. The molecule has 24 heavy (non-hydrogen) atoms. The predicted molar refractivity (Wildman–Crippen MR) is 103 cm³/mol.